The van der Waals surface area contributed by atoms with Crippen LogP contribution in [0.3, 0.4) is 0 Å². The molecule has 0 saturated carbocycles. The van der Waals surface area contributed by atoms with Crippen molar-refractivity contribution < 1.29 is 5.11 Å². The topological polar surface area (TPSA) is 32.3 Å². The molecule has 0 amide bonds. The van der Waals surface area contributed by atoms with Crippen LogP contribution in [0.1, 0.15) is 56.2 Å². The van der Waals surface area contributed by atoms with E-state index in [1.165, 1.54) is 16.7 Å². The molecule has 2 aromatic rings. The van der Waals surface area contributed by atoms with Crippen LogP contribution in [0.5, 0.6) is 5.75 Å². The summed E-state index contributed by atoms with van der Waals surface area (Å²) in [7, 11) is 0. The summed E-state index contributed by atoms with van der Waals surface area (Å²) in [6.45, 7) is 7.18. The molecular weight excluding hydrogens is 270 g/mol. The summed E-state index contributed by atoms with van der Waals surface area (Å²) in [5.41, 5.74) is 4.70. The predicted molar refractivity (Wildman–Crippen MR) is 94.8 cm³/mol. The van der Waals surface area contributed by atoms with E-state index < -0.39 is 0 Å². The average molecular weight is 297 g/mol. The molecule has 0 bridgehead atoms. The van der Waals surface area contributed by atoms with E-state index in [-0.39, 0.29) is 0 Å². The zero-order valence-electron chi connectivity index (χ0n) is 13.9. The van der Waals surface area contributed by atoms with Gasteiger partial charge >= 0.3 is 0 Å². The second-order valence-corrected chi connectivity index (χ2v) is 5.56. The molecule has 1 atom stereocenters. The molecule has 2 aromatic carbocycles. The zero-order chi connectivity index (χ0) is 15.9. The highest BCUT2D eigenvalue weighted by Crippen LogP contribution is 2.40. The van der Waals surface area contributed by atoms with Crippen LogP contribution in [0.25, 0.3) is 0 Å². The maximum Gasteiger partial charge on any atom is 0.139 e. The fourth-order valence-corrected chi connectivity index (χ4v) is 3.11. The third-order valence-electron chi connectivity index (χ3n) is 4.19. The molecule has 0 fully saturated rings. The Morgan fingerprint density at radius 2 is 1.82 bits per heavy atom. The normalized spacial score (nSPS) is 16.0. The Hall–Kier alpha value is -1.96. The van der Waals surface area contributed by atoms with Gasteiger partial charge in [0.2, 0.25) is 0 Å². The summed E-state index contributed by atoms with van der Waals surface area (Å²) in [6.07, 6.45) is 3.15. The molecule has 22 heavy (non-hydrogen) atoms. The van der Waals surface area contributed by atoms with Gasteiger partial charge < -0.3 is 10.4 Å². The van der Waals surface area contributed by atoms with E-state index in [2.05, 4.69) is 42.6 Å². The largest absolute Gasteiger partial charge is 0.506 e. The molecule has 1 unspecified atom stereocenters. The number of phenols is 1. The van der Waals surface area contributed by atoms with E-state index in [0.29, 0.717) is 11.7 Å². The molecule has 0 saturated heterocycles. The quantitative estimate of drug-likeness (QED) is 0.752. The monoisotopic (exact) mass is 297 g/mol. The van der Waals surface area contributed by atoms with E-state index in [4.69, 9.17) is 0 Å². The maximum absolute atomic E-state index is 10.3. The first-order valence-electron chi connectivity index (χ1n) is 8.41. The molecule has 2 heteroatoms. The lowest BCUT2D eigenvalue weighted by atomic mass is 9.86. The van der Waals surface area contributed by atoms with Crippen LogP contribution < -0.4 is 5.32 Å². The Bertz CT molecular complexity index is 592. The first-order chi connectivity index (χ1) is 10.8. The van der Waals surface area contributed by atoms with Crippen LogP contribution in [0.15, 0.2) is 42.5 Å². The number of nitrogens with one attached hydrogen (secondary N) is 1. The van der Waals surface area contributed by atoms with Crippen molar-refractivity contribution in [3.63, 3.8) is 0 Å². The van der Waals surface area contributed by atoms with Gasteiger partial charge in [-0.05, 0) is 47.9 Å². The van der Waals surface area contributed by atoms with Crippen molar-refractivity contribution in [2.45, 2.75) is 46.0 Å². The summed E-state index contributed by atoms with van der Waals surface area (Å²) < 4.78 is 0. The number of hydrogen-bond acceptors (Lipinski definition) is 2. The second kappa shape index (κ2) is 7.88. The van der Waals surface area contributed by atoms with E-state index in [1.807, 2.05) is 26.0 Å². The van der Waals surface area contributed by atoms with Crippen molar-refractivity contribution >= 4 is 5.69 Å². The SMILES string of the molecule is CC.CCC1CCNc2c(O)cc(Cc3ccccc3)cc21. The van der Waals surface area contributed by atoms with Gasteiger partial charge in [-0.2, -0.15) is 0 Å². The zero-order valence-corrected chi connectivity index (χ0v) is 13.9. The predicted octanol–water partition coefficient (Wildman–Crippen LogP) is 5.32. The molecule has 0 spiro atoms. The highest BCUT2D eigenvalue weighted by atomic mass is 16.3. The Kier molecular flexibility index (Phi) is 5.88. The fraction of sp³-hybridized carbons (Fsp3) is 0.400. The summed E-state index contributed by atoms with van der Waals surface area (Å²) in [6, 6.07) is 14.6. The van der Waals surface area contributed by atoms with Crippen LogP contribution in [0, 0.1) is 0 Å². The molecule has 1 heterocycles. The summed E-state index contributed by atoms with van der Waals surface area (Å²) in [4.78, 5) is 0. The summed E-state index contributed by atoms with van der Waals surface area (Å²) >= 11 is 0. The van der Waals surface area contributed by atoms with E-state index >= 15 is 0 Å². The van der Waals surface area contributed by atoms with Crippen molar-refractivity contribution in [2.24, 2.45) is 0 Å². The summed E-state index contributed by atoms with van der Waals surface area (Å²) in [5, 5.41) is 13.6. The van der Waals surface area contributed by atoms with Gasteiger partial charge in [0, 0.05) is 6.54 Å². The molecule has 3 rings (SSSR count). The van der Waals surface area contributed by atoms with Crippen molar-refractivity contribution in [2.75, 3.05) is 11.9 Å². The standard InChI is InChI=1S/C18H21NO.C2H6/c1-2-15-8-9-19-18-16(15)11-14(12-17(18)20)10-13-6-4-3-5-7-13;1-2/h3-7,11-12,15,19-20H,2,8-10H2,1H3;1-2H3. The molecule has 0 radical (unpaired) electrons. The van der Waals surface area contributed by atoms with Gasteiger partial charge in [-0.25, -0.2) is 0 Å². The van der Waals surface area contributed by atoms with Crippen LogP contribution in [0.2, 0.25) is 0 Å². The smallest absolute Gasteiger partial charge is 0.139 e. The minimum absolute atomic E-state index is 0.395. The molecule has 0 aromatic heterocycles. The van der Waals surface area contributed by atoms with Gasteiger partial charge in [-0.1, -0.05) is 57.2 Å². The first-order valence-corrected chi connectivity index (χ1v) is 8.41. The van der Waals surface area contributed by atoms with E-state index in [9.17, 15) is 5.11 Å². The van der Waals surface area contributed by atoms with Gasteiger partial charge in [-0.3, -0.25) is 0 Å². The van der Waals surface area contributed by atoms with Crippen molar-refractivity contribution in [3.8, 4) is 5.75 Å². The van der Waals surface area contributed by atoms with Gasteiger partial charge in [0.05, 0.1) is 5.69 Å². The molecule has 1 aliphatic heterocycles. The van der Waals surface area contributed by atoms with Crippen molar-refractivity contribution in [1.82, 2.24) is 0 Å². The first kappa shape index (κ1) is 16.4. The van der Waals surface area contributed by atoms with Gasteiger partial charge in [0.25, 0.3) is 0 Å². The number of hydrogen-bond donors (Lipinski definition) is 2. The fourth-order valence-electron chi connectivity index (χ4n) is 3.11. The Balaban J connectivity index is 0.000000847. The van der Waals surface area contributed by atoms with Crippen LogP contribution in [-0.4, -0.2) is 11.7 Å². The second-order valence-electron chi connectivity index (χ2n) is 5.56. The lowest BCUT2D eigenvalue weighted by Gasteiger charge is -2.27. The minimum atomic E-state index is 0.395. The third-order valence-corrected chi connectivity index (χ3v) is 4.19. The van der Waals surface area contributed by atoms with E-state index in [1.54, 1.807) is 0 Å². The van der Waals surface area contributed by atoms with Crippen LogP contribution >= 0.6 is 0 Å². The number of rotatable bonds is 3. The highest BCUT2D eigenvalue weighted by molar-refractivity contribution is 5.65. The molecule has 0 aliphatic carbocycles. The molecule has 2 N–H and O–H groups in total. The van der Waals surface area contributed by atoms with Crippen molar-refractivity contribution in [1.29, 1.82) is 0 Å². The number of aromatic hydroxyl groups is 1. The summed E-state index contributed by atoms with van der Waals surface area (Å²) in [5.74, 6) is 0.958. The van der Waals surface area contributed by atoms with Gasteiger partial charge in [0.15, 0.2) is 0 Å². The number of phenolic OH excluding ortho intramolecular Hbond substituents is 1. The van der Waals surface area contributed by atoms with Gasteiger partial charge in [-0.15, -0.1) is 0 Å². The Labute approximate surface area is 134 Å². The maximum atomic E-state index is 10.3. The highest BCUT2D eigenvalue weighted by Gasteiger charge is 2.21. The minimum Gasteiger partial charge on any atom is -0.506 e. The van der Waals surface area contributed by atoms with Gasteiger partial charge in [0.1, 0.15) is 5.75 Å². The Morgan fingerprint density at radius 3 is 2.50 bits per heavy atom. The molecule has 2 nitrogen and oxygen atoms in total. The average Bonchev–Trinajstić information content (AvgIpc) is 2.57. The third kappa shape index (κ3) is 3.62. The van der Waals surface area contributed by atoms with E-state index in [0.717, 1.165) is 31.5 Å². The number of benzene rings is 2. The number of fused-ring (bicyclic) bond motifs is 1. The molecule has 1 aliphatic rings. The molecule has 118 valence electrons. The van der Waals surface area contributed by atoms with Crippen LogP contribution in [0.4, 0.5) is 5.69 Å². The molecular formula is C20H27NO. The Morgan fingerprint density at radius 1 is 1.09 bits per heavy atom. The van der Waals surface area contributed by atoms with Crippen molar-refractivity contribution in [3.05, 3.63) is 59.2 Å². The number of anilines is 1. The lowest BCUT2D eigenvalue weighted by Crippen LogP contribution is -2.16. The van der Waals surface area contributed by atoms with Crippen LogP contribution in [-0.2, 0) is 6.42 Å². The lowest BCUT2D eigenvalue weighted by molar-refractivity contribution is 0.471.